The van der Waals surface area contributed by atoms with Crippen molar-refractivity contribution in [3.63, 3.8) is 0 Å². The SMILES string of the molecule is COc1cc(NC(=O)C2(NC(=O)c3ccc4c(C5CCCC5)c(-c5ccc(F)cn5)n(C)c4c3)CCC2)ccc1/C=C/C(=O)O. The summed E-state index contributed by atoms with van der Waals surface area (Å²) in [5.41, 5.74) is 4.09. The molecular weight excluding hydrogens is 575 g/mol. The fourth-order valence-electron chi connectivity index (χ4n) is 6.63. The maximum Gasteiger partial charge on any atom is 0.328 e. The number of fused-ring (bicyclic) bond motifs is 1. The molecule has 6 rings (SSSR count). The number of halogens is 1. The lowest BCUT2D eigenvalue weighted by Gasteiger charge is -2.40. The molecule has 0 atom stereocenters. The van der Waals surface area contributed by atoms with Crippen molar-refractivity contribution in [2.75, 3.05) is 12.4 Å². The maximum atomic E-state index is 13.7. The number of carbonyl (C=O) groups excluding carboxylic acids is 2. The van der Waals surface area contributed by atoms with Crippen molar-refractivity contribution < 1.29 is 28.6 Å². The number of aromatic nitrogens is 2. The lowest BCUT2D eigenvalue weighted by Crippen LogP contribution is -2.61. The zero-order valence-corrected chi connectivity index (χ0v) is 25.2. The Balaban J connectivity index is 1.27. The van der Waals surface area contributed by atoms with Crippen LogP contribution in [0.2, 0.25) is 0 Å². The van der Waals surface area contributed by atoms with Crippen molar-refractivity contribution in [3.05, 3.63) is 83.3 Å². The van der Waals surface area contributed by atoms with Crippen LogP contribution in [0.4, 0.5) is 10.1 Å². The summed E-state index contributed by atoms with van der Waals surface area (Å²) in [7, 11) is 3.41. The summed E-state index contributed by atoms with van der Waals surface area (Å²) < 4.78 is 21.2. The molecule has 0 radical (unpaired) electrons. The van der Waals surface area contributed by atoms with E-state index < -0.39 is 17.3 Å². The van der Waals surface area contributed by atoms with Gasteiger partial charge < -0.3 is 25.0 Å². The summed E-state index contributed by atoms with van der Waals surface area (Å²) in [5.74, 6) is -1.38. The van der Waals surface area contributed by atoms with Crippen LogP contribution < -0.4 is 15.4 Å². The minimum Gasteiger partial charge on any atom is -0.496 e. The van der Waals surface area contributed by atoms with Crippen LogP contribution in [0.3, 0.4) is 0 Å². The molecule has 0 bridgehead atoms. The minimum atomic E-state index is -1.08. The maximum absolute atomic E-state index is 13.7. The number of rotatable bonds is 9. The highest BCUT2D eigenvalue weighted by Crippen LogP contribution is 2.44. The Labute approximate surface area is 260 Å². The van der Waals surface area contributed by atoms with Gasteiger partial charge in [-0.15, -0.1) is 0 Å². The highest BCUT2D eigenvalue weighted by atomic mass is 19.1. The number of carboxylic acid groups (broad SMARTS) is 1. The number of carbonyl (C=O) groups is 3. The van der Waals surface area contributed by atoms with Crippen molar-refractivity contribution in [2.45, 2.75) is 56.4 Å². The molecule has 2 fully saturated rings. The minimum absolute atomic E-state index is 0.328. The lowest BCUT2D eigenvalue weighted by atomic mass is 9.75. The van der Waals surface area contributed by atoms with Gasteiger partial charge in [0.2, 0.25) is 5.91 Å². The predicted molar refractivity (Wildman–Crippen MR) is 170 cm³/mol. The third kappa shape index (κ3) is 5.80. The molecule has 232 valence electrons. The van der Waals surface area contributed by atoms with Gasteiger partial charge in [-0.2, -0.15) is 0 Å². The summed E-state index contributed by atoms with van der Waals surface area (Å²) in [6.45, 7) is 0. The number of hydrogen-bond donors (Lipinski definition) is 3. The normalized spacial score (nSPS) is 16.1. The van der Waals surface area contributed by atoms with Crippen LogP contribution >= 0.6 is 0 Å². The van der Waals surface area contributed by atoms with Gasteiger partial charge in [-0.25, -0.2) is 9.18 Å². The van der Waals surface area contributed by atoms with E-state index in [1.165, 1.54) is 31.0 Å². The number of carboxylic acids is 1. The fraction of sp³-hybridized carbons (Fsp3) is 0.314. The molecule has 0 saturated heterocycles. The van der Waals surface area contributed by atoms with E-state index in [-0.39, 0.29) is 11.8 Å². The molecule has 2 aromatic carbocycles. The third-order valence-corrected chi connectivity index (χ3v) is 9.13. The standard InChI is InChI=1S/C35H35FN4O5/c1-40-28-18-23(9-13-26(28)31(22-6-3-4-7-22)32(40)27-14-11-24(36)20-37-27)33(43)39-35(16-5-17-35)34(44)38-25-12-8-21(10-15-30(41)42)29(19-25)45-2/h8-15,18-20,22H,3-7,16-17H2,1-2H3,(H,38,44)(H,39,43)(H,41,42)/b15-10+. The van der Waals surface area contributed by atoms with Crippen molar-refractivity contribution in [2.24, 2.45) is 7.05 Å². The van der Waals surface area contributed by atoms with E-state index in [0.717, 1.165) is 54.8 Å². The second-order valence-corrected chi connectivity index (χ2v) is 11.9. The third-order valence-electron chi connectivity index (χ3n) is 9.13. The van der Waals surface area contributed by atoms with Crippen LogP contribution in [0, 0.1) is 5.82 Å². The number of ether oxygens (including phenoxy) is 1. The second kappa shape index (κ2) is 12.2. The van der Waals surface area contributed by atoms with Crippen LogP contribution in [0.5, 0.6) is 5.75 Å². The molecule has 2 saturated carbocycles. The molecular formula is C35H35FN4O5. The summed E-state index contributed by atoms with van der Waals surface area (Å²) >= 11 is 0. The van der Waals surface area contributed by atoms with Gasteiger partial charge in [-0.05, 0) is 86.1 Å². The molecule has 4 aromatic rings. The van der Waals surface area contributed by atoms with Crippen molar-refractivity contribution >= 4 is 40.4 Å². The largest absolute Gasteiger partial charge is 0.496 e. The zero-order chi connectivity index (χ0) is 31.7. The second-order valence-electron chi connectivity index (χ2n) is 11.9. The van der Waals surface area contributed by atoms with E-state index in [9.17, 15) is 18.8 Å². The Bertz CT molecular complexity index is 1820. The highest BCUT2D eigenvalue weighted by molar-refractivity contribution is 6.06. The van der Waals surface area contributed by atoms with Gasteiger partial charge in [0, 0.05) is 46.9 Å². The number of hydrogen-bond acceptors (Lipinski definition) is 5. The Morgan fingerprint density at radius 3 is 2.49 bits per heavy atom. The van der Waals surface area contributed by atoms with E-state index in [0.29, 0.717) is 47.0 Å². The first-order chi connectivity index (χ1) is 21.7. The summed E-state index contributed by atoms with van der Waals surface area (Å²) in [6, 6.07) is 13.7. The Morgan fingerprint density at radius 1 is 1.07 bits per heavy atom. The number of aliphatic carboxylic acids is 1. The first kappa shape index (κ1) is 30.1. The van der Waals surface area contributed by atoms with Gasteiger partial charge in [0.1, 0.15) is 17.1 Å². The number of amides is 2. The van der Waals surface area contributed by atoms with Crippen molar-refractivity contribution in [1.82, 2.24) is 14.9 Å². The quantitative estimate of drug-likeness (QED) is 0.188. The molecule has 0 aliphatic heterocycles. The van der Waals surface area contributed by atoms with Crippen LogP contribution in [0.15, 0.2) is 60.8 Å². The Hall–Kier alpha value is -4.99. The Kier molecular flexibility index (Phi) is 8.14. The fourth-order valence-corrected chi connectivity index (χ4v) is 6.63. The number of nitrogens with zero attached hydrogens (tertiary/aromatic N) is 2. The number of nitrogens with one attached hydrogen (secondary N) is 2. The predicted octanol–water partition coefficient (Wildman–Crippen LogP) is 6.43. The number of pyridine rings is 1. The molecule has 9 nitrogen and oxygen atoms in total. The number of anilines is 1. The van der Waals surface area contributed by atoms with E-state index >= 15 is 0 Å². The molecule has 45 heavy (non-hydrogen) atoms. The van der Waals surface area contributed by atoms with Crippen LogP contribution in [-0.2, 0) is 16.6 Å². The van der Waals surface area contributed by atoms with Crippen LogP contribution in [0.25, 0.3) is 28.4 Å². The number of aryl methyl sites for hydroxylation is 1. The van der Waals surface area contributed by atoms with E-state index in [2.05, 4.69) is 15.6 Å². The van der Waals surface area contributed by atoms with Gasteiger partial charge in [0.05, 0.1) is 24.7 Å². The smallest absolute Gasteiger partial charge is 0.328 e. The van der Waals surface area contributed by atoms with Gasteiger partial charge >= 0.3 is 5.97 Å². The zero-order valence-electron chi connectivity index (χ0n) is 25.2. The Morgan fingerprint density at radius 2 is 1.84 bits per heavy atom. The molecule has 2 aliphatic carbocycles. The first-order valence-electron chi connectivity index (χ1n) is 15.2. The first-order valence-corrected chi connectivity index (χ1v) is 15.2. The summed E-state index contributed by atoms with van der Waals surface area (Å²) in [5, 5.41) is 15.9. The molecule has 2 aromatic heterocycles. The molecule has 2 aliphatic rings. The monoisotopic (exact) mass is 610 g/mol. The molecule has 0 spiro atoms. The van der Waals surface area contributed by atoms with Crippen molar-refractivity contribution in [3.8, 4) is 17.1 Å². The van der Waals surface area contributed by atoms with Gasteiger partial charge in [-0.1, -0.05) is 18.9 Å². The molecule has 2 heterocycles. The van der Waals surface area contributed by atoms with E-state index in [1.54, 1.807) is 30.3 Å². The van der Waals surface area contributed by atoms with Crippen LogP contribution in [0.1, 0.15) is 72.3 Å². The van der Waals surface area contributed by atoms with Crippen LogP contribution in [-0.4, -0.2) is 45.1 Å². The summed E-state index contributed by atoms with van der Waals surface area (Å²) in [4.78, 5) is 42.5. The lowest BCUT2D eigenvalue weighted by molar-refractivity contribution is -0.131. The highest BCUT2D eigenvalue weighted by Gasteiger charge is 2.45. The van der Waals surface area contributed by atoms with E-state index in [1.807, 2.05) is 23.7 Å². The van der Waals surface area contributed by atoms with Gasteiger partial charge in [0.15, 0.2) is 0 Å². The molecule has 10 heteroatoms. The number of benzene rings is 2. The topological polar surface area (TPSA) is 123 Å². The average molecular weight is 611 g/mol. The molecule has 0 unspecified atom stereocenters. The van der Waals surface area contributed by atoms with Gasteiger partial charge in [-0.3, -0.25) is 14.6 Å². The molecule has 3 N–H and O–H groups in total. The van der Waals surface area contributed by atoms with E-state index in [4.69, 9.17) is 9.84 Å². The number of methoxy groups -OCH3 is 1. The molecule has 2 amide bonds. The van der Waals surface area contributed by atoms with Gasteiger partial charge in [0.25, 0.3) is 5.91 Å². The summed E-state index contributed by atoms with van der Waals surface area (Å²) in [6.07, 6.45) is 9.90. The average Bonchev–Trinajstić information content (AvgIpc) is 3.64. The van der Waals surface area contributed by atoms with Crippen molar-refractivity contribution in [1.29, 1.82) is 0 Å².